The molecule has 2 aromatic carbocycles. The van der Waals surface area contributed by atoms with Gasteiger partial charge in [-0.3, -0.25) is 4.79 Å². The van der Waals surface area contributed by atoms with Gasteiger partial charge in [0.15, 0.2) is 11.3 Å². The van der Waals surface area contributed by atoms with E-state index in [-0.39, 0.29) is 6.61 Å². The minimum Gasteiger partial charge on any atom is -0.490 e. The summed E-state index contributed by atoms with van der Waals surface area (Å²) >= 11 is 0. The number of halogens is 1. The molecule has 0 radical (unpaired) electrons. The molecule has 0 saturated heterocycles. The SMILES string of the molecule is [C-]#[N+]c1ccc(NC(=O)[C@](C)(O)COc2ccc(F)cc2)cc1C. The highest BCUT2D eigenvalue weighted by atomic mass is 19.1. The van der Waals surface area contributed by atoms with Crippen molar-refractivity contribution >= 4 is 17.3 Å². The van der Waals surface area contributed by atoms with E-state index in [1.165, 1.54) is 31.2 Å². The topological polar surface area (TPSA) is 62.9 Å². The molecule has 2 aromatic rings. The van der Waals surface area contributed by atoms with E-state index in [9.17, 15) is 14.3 Å². The molecule has 6 heteroatoms. The highest BCUT2D eigenvalue weighted by Gasteiger charge is 2.31. The Bertz CT molecular complexity index is 780. The number of anilines is 1. The van der Waals surface area contributed by atoms with Crippen LogP contribution in [0.25, 0.3) is 4.85 Å². The first-order valence-electron chi connectivity index (χ1n) is 7.22. The Morgan fingerprint density at radius 1 is 1.33 bits per heavy atom. The largest absolute Gasteiger partial charge is 0.490 e. The number of carbonyl (C=O) groups excluding carboxylic acids is 1. The van der Waals surface area contributed by atoms with E-state index in [0.717, 1.165) is 5.56 Å². The number of benzene rings is 2. The number of aryl methyl sites for hydroxylation is 1. The van der Waals surface area contributed by atoms with Crippen LogP contribution in [0.1, 0.15) is 12.5 Å². The van der Waals surface area contributed by atoms with Crippen molar-refractivity contribution in [3.05, 3.63) is 65.3 Å². The lowest BCUT2D eigenvalue weighted by Gasteiger charge is -2.22. The molecule has 5 nitrogen and oxygen atoms in total. The zero-order valence-electron chi connectivity index (χ0n) is 13.3. The highest BCUT2D eigenvalue weighted by molar-refractivity contribution is 5.97. The molecule has 0 aromatic heterocycles. The smallest absolute Gasteiger partial charge is 0.259 e. The molecule has 0 aliphatic carbocycles. The molecule has 0 bridgehead atoms. The third-order valence-corrected chi connectivity index (χ3v) is 3.40. The van der Waals surface area contributed by atoms with Gasteiger partial charge in [-0.15, -0.1) is 0 Å². The summed E-state index contributed by atoms with van der Waals surface area (Å²) in [5, 5.41) is 12.9. The monoisotopic (exact) mass is 328 g/mol. The van der Waals surface area contributed by atoms with Crippen LogP contribution in [0.4, 0.5) is 15.8 Å². The number of hydrogen-bond acceptors (Lipinski definition) is 3. The van der Waals surface area contributed by atoms with Gasteiger partial charge < -0.3 is 15.2 Å². The van der Waals surface area contributed by atoms with Crippen molar-refractivity contribution in [3.8, 4) is 5.75 Å². The summed E-state index contributed by atoms with van der Waals surface area (Å²) in [6.07, 6.45) is 0. The number of carbonyl (C=O) groups is 1. The lowest BCUT2D eigenvalue weighted by Crippen LogP contribution is -2.45. The Balaban J connectivity index is 2.00. The predicted molar refractivity (Wildman–Crippen MR) is 88.6 cm³/mol. The van der Waals surface area contributed by atoms with Crippen LogP contribution >= 0.6 is 0 Å². The lowest BCUT2D eigenvalue weighted by atomic mass is 10.1. The van der Waals surface area contributed by atoms with Crippen LogP contribution in [-0.4, -0.2) is 23.2 Å². The standard InChI is InChI=1S/C18H17FN2O3/c1-12-10-14(6-9-16(12)20-3)21-17(22)18(2,23)11-24-15-7-4-13(19)5-8-15/h4-10,23H,11H2,1-2H3,(H,21,22)/t18-/m1/s1. The van der Waals surface area contributed by atoms with E-state index in [4.69, 9.17) is 11.3 Å². The van der Waals surface area contributed by atoms with E-state index >= 15 is 0 Å². The van der Waals surface area contributed by atoms with Gasteiger partial charge in [0.1, 0.15) is 18.2 Å². The summed E-state index contributed by atoms with van der Waals surface area (Å²) in [6, 6.07) is 10.1. The van der Waals surface area contributed by atoms with E-state index in [1.54, 1.807) is 25.1 Å². The average molecular weight is 328 g/mol. The van der Waals surface area contributed by atoms with Crippen molar-refractivity contribution in [2.45, 2.75) is 19.4 Å². The lowest BCUT2D eigenvalue weighted by molar-refractivity contribution is -0.135. The van der Waals surface area contributed by atoms with Gasteiger partial charge >= 0.3 is 0 Å². The van der Waals surface area contributed by atoms with Gasteiger partial charge in [-0.05, 0) is 55.8 Å². The Morgan fingerprint density at radius 2 is 2.00 bits per heavy atom. The Labute approximate surface area is 139 Å². The van der Waals surface area contributed by atoms with Gasteiger partial charge in [0, 0.05) is 5.69 Å². The number of nitrogens with zero attached hydrogens (tertiary/aromatic N) is 1. The maximum absolute atomic E-state index is 12.8. The summed E-state index contributed by atoms with van der Waals surface area (Å²) in [5.74, 6) is -0.689. The zero-order valence-corrected chi connectivity index (χ0v) is 13.3. The van der Waals surface area contributed by atoms with Gasteiger partial charge in [-0.2, -0.15) is 0 Å². The van der Waals surface area contributed by atoms with E-state index in [0.29, 0.717) is 17.1 Å². The first-order chi connectivity index (χ1) is 11.3. The number of ether oxygens (including phenoxy) is 1. The molecule has 1 amide bonds. The van der Waals surface area contributed by atoms with Crippen LogP contribution in [-0.2, 0) is 4.79 Å². The van der Waals surface area contributed by atoms with Crippen LogP contribution in [0.5, 0.6) is 5.75 Å². The first-order valence-corrected chi connectivity index (χ1v) is 7.22. The van der Waals surface area contributed by atoms with E-state index < -0.39 is 17.3 Å². The molecule has 0 fully saturated rings. The van der Waals surface area contributed by atoms with Crippen molar-refractivity contribution in [2.24, 2.45) is 0 Å². The fourth-order valence-electron chi connectivity index (χ4n) is 1.94. The minimum atomic E-state index is -1.78. The summed E-state index contributed by atoms with van der Waals surface area (Å²) in [5.41, 5.74) is -0.0721. The summed E-state index contributed by atoms with van der Waals surface area (Å²) in [4.78, 5) is 15.6. The molecule has 0 spiro atoms. The maximum Gasteiger partial charge on any atom is 0.259 e. The van der Waals surface area contributed by atoms with Crippen LogP contribution in [0.15, 0.2) is 42.5 Å². The Kier molecular flexibility index (Phi) is 5.17. The highest BCUT2D eigenvalue weighted by Crippen LogP contribution is 2.23. The van der Waals surface area contributed by atoms with Crippen molar-refractivity contribution in [3.63, 3.8) is 0 Å². The Hall–Kier alpha value is -2.91. The number of aliphatic hydroxyl groups is 1. The summed E-state index contributed by atoms with van der Waals surface area (Å²) in [7, 11) is 0. The molecule has 2 N–H and O–H groups in total. The predicted octanol–water partition coefficient (Wildman–Crippen LogP) is 3.45. The molecule has 24 heavy (non-hydrogen) atoms. The van der Waals surface area contributed by atoms with Crippen LogP contribution in [0.3, 0.4) is 0 Å². The molecule has 0 heterocycles. The fourth-order valence-corrected chi connectivity index (χ4v) is 1.94. The average Bonchev–Trinajstić information content (AvgIpc) is 2.54. The van der Waals surface area contributed by atoms with Crippen LogP contribution < -0.4 is 10.1 Å². The fraction of sp³-hybridized carbons (Fsp3) is 0.222. The van der Waals surface area contributed by atoms with Crippen molar-refractivity contribution in [1.29, 1.82) is 0 Å². The van der Waals surface area contributed by atoms with E-state index in [1.807, 2.05) is 0 Å². The molecule has 124 valence electrons. The molecule has 2 rings (SSSR count). The van der Waals surface area contributed by atoms with Crippen LogP contribution in [0.2, 0.25) is 0 Å². The Morgan fingerprint density at radius 3 is 2.58 bits per heavy atom. The number of rotatable bonds is 5. The number of nitrogens with one attached hydrogen (secondary N) is 1. The third kappa shape index (κ3) is 4.31. The summed E-state index contributed by atoms with van der Waals surface area (Å²) < 4.78 is 18.2. The second-order valence-electron chi connectivity index (χ2n) is 5.58. The maximum atomic E-state index is 12.8. The molecule has 0 saturated carbocycles. The first kappa shape index (κ1) is 17.4. The van der Waals surface area contributed by atoms with Gasteiger partial charge in [0.25, 0.3) is 5.91 Å². The second-order valence-corrected chi connectivity index (χ2v) is 5.58. The second kappa shape index (κ2) is 7.11. The number of amides is 1. The van der Waals surface area contributed by atoms with Gasteiger partial charge in [0.05, 0.1) is 6.57 Å². The van der Waals surface area contributed by atoms with Crippen LogP contribution in [0, 0.1) is 19.3 Å². The quantitative estimate of drug-likeness (QED) is 0.826. The minimum absolute atomic E-state index is 0.288. The molecule has 0 unspecified atom stereocenters. The van der Waals surface area contributed by atoms with Gasteiger partial charge in [0.2, 0.25) is 0 Å². The van der Waals surface area contributed by atoms with E-state index in [2.05, 4.69) is 10.2 Å². The third-order valence-electron chi connectivity index (χ3n) is 3.40. The zero-order chi connectivity index (χ0) is 17.7. The van der Waals surface area contributed by atoms with Gasteiger partial charge in [-0.25, -0.2) is 9.24 Å². The normalized spacial score (nSPS) is 12.8. The van der Waals surface area contributed by atoms with Crippen molar-refractivity contribution in [2.75, 3.05) is 11.9 Å². The van der Waals surface area contributed by atoms with Crippen molar-refractivity contribution < 1.29 is 19.0 Å². The molecular formula is C18H17FN2O3. The molecule has 1 atom stereocenters. The van der Waals surface area contributed by atoms with Gasteiger partial charge in [-0.1, -0.05) is 6.07 Å². The van der Waals surface area contributed by atoms with Crippen molar-refractivity contribution in [1.82, 2.24) is 0 Å². The molecular weight excluding hydrogens is 311 g/mol. The molecule has 0 aliphatic rings. The summed E-state index contributed by atoms with van der Waals surface area (Å²) in [6.45, 7) is 9.80. The number of hydrogen-bond donors (Lipinski definition) is 2. The molecule has 0 aliphatic heterocycles.